The Morgan fingerprint density at radius 1 is 1.31 bits per heavy atom. The van der Waals surface area contributed by atoms with Crippen molar-refractivity contribution >= 4 is 11.8 Å². The van der Waals surface area contributed by atoms with Crippen LogP contribution in [0.1, 0.15) is 36.2 Å². The number of rotatable bonds is 3. The van der Waals surface area contributed by atoms with Crippen molar-refractivity contribution < 1.29 is 9.18 Å². The quantitative estimate of drug-likeness (QED) is 0.662. The molecular weight excluding hydrogens is 409 g/mol. The third-order valence-corrected chi connectivity index (χ3v) is 6.44. The molecule has 0 saturated carbocycles. The molecule has 1 saturated heterocycles. The number of nitrogen functional groups attached to an aromatic ring is 1. The molecule has 2 aromatic heterocycles. The Labute approximate surface area is 184 Å². The number of aromatic nitrogens is 3. The van der Waals surface area contributed by atoms with Crippen molar-refractivity contribution in [1.82, 2.24) is 25.0 Å². The Balaban J connectivity index is 1.28. The zero-order valence-corrected chi connectivity index (χ0v) is 17.5. The van der Waals surface area contributed by atoms with Gasteiger partial charge >= 0.3 is 6.03 Å². The number of halogens is 1. The van der Waals surface area contributed by atoms with E-state index >= 15 is 0 Å². The van der Waals surface area contributed by atoms with Crippen molar-refractivity contribution in [1.29, 1.82) is 5.26 Å². The van der Waals surface area contributed by atoms with E-state index < -0.39 is 0 Å². The Morgan fingerprint density at radius 3 is 2.78 bits per heavy atom. The predicted molar refractivity (Wildman–Crippen MR) is 116 cm³/mol. The number of likely N-dealkylation sites (tertiary alicyclic amines) is 1. The molecule has 3 aromatic rings. The molecule has 3 N–H and O–H groups in total. The van der Waals surface area contributed by atoms with Crippen molar-refractivity contribution in [3.05, 3.63) is 65.2 Å². The minimum Gasteiger partial charge on any atom is -0.383 e. The number of amides is 2. The molecule has 1 spiro atoms. The maximum absolute atomic E-state index is 13.1. The van der Waals surface area contributed by atoms with Crippen molar-refractivity contribution in [2.24, 2.45) is 0 Å². The number of nitrogens with zero attached hydrogens (tertiary/aromatic N) is 5. The third kappa shape index (κ3) is 3.24. The van der Waals surface area contributed by atoms with Gasteiger partial charge in [0, 0.05) is 42.5 Å². The number of nitriles is 1. The van der Waals surface area contributed by atoms with Gasteiger partial charge in [0.15, 0.2) is 0 Å². The van der Waals surface area contributed by atoms with Crippen LogP contribution in [-0.2, 0) is 12.0 Å². The molecule has 2 amide bonds. The maximum Gasteiger partial charge on any atom is 0.317 e. The van der Waals surface area contributed by atoms with E-state index in [-0.39, 0.29) is 29.1 Å². The summed E-state index contributed by atoms with van der Waals surface area (Å²) >= 11 is 0. The zero-order chi connectivity index (χ0) is 22.5. The number of hydrogen-bond donors (Lipinski definition) is 2. The van der Waals surface area contributed by atoms with Crippen LogP contribution in [0, 0.1) is 17.1 Å². The average molecular weight is 431 g/mol. The second-order valence-electron chi connectivity index (χ2n) is 8.52. The number of fused-ring (bicyclic) bond motifs is 2. The Kier molecular flexibility index (Phi) is 4.59. The van der Waals surface area contributed by atoms with Gasteiger partial charge in [0.05, 0.1) is 17.3 Å². The van der Waals surface area contributed by atoms with Gasteiger partial charge in [0.25, 0.3) is 0 Å². The van der Waals surface area contributed by atoms with Gasteiger partial charge < -0.3 is 16.0 Å². The Bertz CT molecular complexity index is 1240. The van der Waals surface area contributed by atoms with E-state index in [4.69, 9.17) is 5.73 Å². The summed E-state index contributed by atoms with van der Waals surface area (Å²) in [4.78, 5) is 18.6. The molecule has 0 aliphatic carbocycles. The van der Waals surface area contributed by atoms with Gasteiger partial charge in [-0.25, -0.2) is 14.2 Å². The first-order valence-electron chi connectivity index (χ1n) is 10.4. The smallest absolute Gasteiger partial charge is 0.317 e. The van der Waals surface area contributed by atoms with Crippen LogP contribution in [-0.4, -0.2) is 38.8 Å². The van der Waals surface area contributed by atoms with Gasteiger partial charge in [-0.2, -0.15) is 10.4 Å². The number of benzene rings is 1. The second kappa shape index (κ2) is 7.34. The molecule has 4 heterocycles. The fraction of sp³-hybridized carbons (Fsp3) is 0.304. The minimum absolute atomic E-state index is 0.110. The van der Waals surface area contributed by atoms with E-state index in [0.29, 0.717) is 18.7 Å². The van der Waals surface area contributed by atoms with Crippen molar-refractivity contribution in [3.63, 3.8) is 0 Å². The zero-order valence-electron chi connectivity index (χ0n) is 17.5. The lowest BCUT2D eigenvalue weighted by atomic mass is 9.76. The van der Waals surface area contributed by atoms with Crippen LogP contribution in [0.5, 0.6) is 0 Å². The lowest BCUT2D eigenvalue weighted by Crippen LogP contribution is -2.62. The van der Waals surface area contributed by atoms with Crippen LogP contribution >= 0.6 is 0 Å². The molecule has 1 aromatic carbocycles. The third-order valence-electron chi connectivity index (χ3n) is 6.44. The number of aryl methyl sites for hydroxylation is 1. The number of nitrogens with one attached hydrogen (secondary N) is 1. The molecule has 9 heteroatoms. The number of hydrogen-bond acceptors (Lipinski definition) is 5. The van der Waals surface area contributed by atoms with Crippen LogP contribution in [0.25, 0.3) is 11.3 Å². The number of carbonyl (C=O) groups is 1. The predicted octanol–water partition coefficient (Wildman–Crippen LogP) is 2.97. The fourth-order valence-electron chi connectivity index (χ4n) is 4.57. The largest absolute Gasteiger partial charge is 0.383 e. The molecular formula is C23H22FN7O. The van der Waals surface area contributed by atoms with E-state index in [1.807, 2.05) is 23.7 Å². The van der Waals surface area contributed by atoms with Crippen LogP contribution < -0.4 is 11.1 Å². The highest BCUT2D eigenvalue weighted by Crippen LogP contribution is 2.44. The molecule has 2 aliphatic heterocycles. The lowest BCUT2D eigenvalue weighted by molar-refractivity contribution is 0.0906. The van der Waals surface area contributed by atoms with E-state index in [2.05, 4.69) is 15.4 Å². The highest BCUT2D eigenvalue weighted by molar-refractivity contribution is 5.76. The van der Waals surface area contributed by atoms with Gasteiger partial charge in [0.1, 0.15) is 17.7 Å². The molecule has 2 aliphatic rings. The molecule has 8 nitrogen and oxygen atoms in total. The molecule has 1 atom stereocenters. The summed E-state index contributed by atoms with van der Waals surface area (Å²) in [6.45, 7) is 3.89. The van der Waals surface area contributed by atoms with E-state index in [9.17, 15) is 14.4 Å². The van der Waals surface area contributed by atoms with E-state index in [0.717, 1.165) is 35.5 Å². The van der Waals surface area contributed by atoms with E-state index in [1.54, 1.807) is 29.3 Å². The molecule has 32 heavy (non-hydrogen) atoms. The molecule has 0 unspecified atom stereocenters. The highest BCUT2D eigenvalue weighted by atomic mass is 19.1. The summed E-state index contributed by atoms with van der Waals surface area (Å²) in [6, 6.07) is 11.6. The molecule has 0 radical (unpaired) electrons. The number of anilines is 1. The summed E-state index contributed by atoms with van der Waals surface area (Å²) < 4.78 is 15.1. The molecule has 1 fully saturated rings. The summed E-state index contributed by atoms with van der Waals surface area (Å²) in [6.07, 6.45) is 2.55. The first-order valence-corrected chi connectivity index (χ1v) is 10.4. The van der Waals surface area contributed by atoms with Gasteiger partial charge in [-0.1, -0.05) is 12.1 Å². The van der Waals surface area contributed by atoms with Crippen molar-refractivity contribution in [2.45, 2.75) is 31.3 Å². The summed E-state index contributed by atoms with van der Waals surface area (Å²) in [7, 11) is 0. The highest BCUT2D eigenvalue weighted by Gasteiger charge is 2.51. The monoisotopic (exact) mass is 431 g/mol. The number of nitrogens with two attached hydrogens (primary N) is 1. The maximum atomic E-state index is 13.1. The van der Waals surface area contributed by atoms with Crippen molar-refractivity contribution in [2.75, 3.05) is 18.8 Å². The fourth-order valence-corrected chi connectivity index (χ4v) is 4.57. The standard InChI is InChI=1S/C23H22FN7O/c1-14(15-2-4-18(24)5-3-15)28-22(32)30-12-23(13-30)6-7-31-20(23)9-19(29-31)17-8-16(10-25)21(26)27-11-17/h2-5,8-9,11,14H,6-7,12-13H2,1H3,(H2,26,27)(H,28,32)/t14-/m1/s1. The van der Waals surface area contributed by atoms with Gasteiger partial charge in [-0.15, -0.1) is 0 Å². The van der Waals surface area contributed by atoms with Gasteiger partial charge in [0.2, 0.25) is 0 Å². The van der Waals surface area contributed by atoms with Crippen LogP contribution in [0.2, 0.25) is 0 Å². The lowest BCUT2D eigenvalue weighted by Gasteiger charge is -2.47. The number of carbonyl (C=O) groups excluding carboxylic acids is 1. The molecule has 5 rings (SSSR count). The topological polar surface area (TPSA) is 113 Å². The first-order chi connectivity index (χ1) is 15.4. The van der Waals surface area contributed by atoms with E-state index in [1.165, 1.54) is 12.1 Å². The minimum atomic E-state index is -0.298. The second-order valence-corrected chi connectivity index (χ2v) is 8.52. The number of urea groups is 1. The van der Waals surface area contributed by atoms with Crippen LogP contribution in [0.15, 0.2) is 42.6 Å². The summed E-state index contributed by atoms with van der Waals surface area (Å²) in [5, 5.41) is 16.9. The SMILES string of the molecule is C[C@@H](NC(=O)N1CC2(CCn3nc(-c4cnc(N)c(C#N)c4)cc32)C1)c1ccc(F)cc1. The summed E-state index contributed by atoms with van der Waals surface area (Å²) in [5.41, 5.74) is 9.38. The Hall–Kier alpha value is -3.93. The molecule has 0 bridgehead atoms. The van der Waals surface area contributed by atoms with Crippen LogP contribution in [0.3, 0.4) is 0 Å². The Morgan fingerprint density at radius 2 is 2.06 bits per heavy atom. The summed E-state index contributed by atoms with van der Waals surface area (Å²) in [5.74, 6) is -0.0947. The van der Waals surface area contributed by atoms with Crippen LogP contribution in [0.4, 0.5) is 15.0 Å². The molecule has 162 valence electrons. The first kappa shape index (κ1) is 20.0. The van der Waals surface area contributed by atoms with Crippen molar-refractivity contribution in [3.8, 4) is 17.3 Å². The average Bonchev–Trinajstić information content (AvgIpc) is 3.33. The van der Waals surface area contributed by atoms with Gasteiger partial charge in [-0.3, -0.25) is 4.68 Å². The van der Waals surface area contributed by atoms with Gasteiger partial charge in [-0.05, 0) is 43.2 Å². The number of pyridine rings is 1. The normalized spacial score (nSPS) is 16.8.